The van der Waals surface area contributed by atoms with E-state index >= 15 is 0 Å². The maximum atomic E-state index is 6.22. The number of fused-ring (bicyclic) bond motifs is 1. The lowest BCUT2D eigenvalue weighted by Gasteiger charge is -2.10. The first kappa shape index (κ1) is 18.3. The third-order valence-electron chi connectivity index (χ3n) is 4.38. The second-order valence-corrected chi connectivity index (χ2v) is 8.06. The van der Waals surface area contributed by atoms with Gasteiger partial charge in [-0.2, -0.15) is 0 Å². The van der Waals surface area contributed by atoms with Gasteiger partial charge in [0.1, 0.15) is 16.4 Å². The molecule has 3 heterocycles. The van der Waals surface area contributed by atoms with Crippen LogP contribution in [0, 0.1) is 12.3 Å². The fourth-order valence-electron chi connectivity index (χ4n) is 2.89. The van der Waals surface area contributed by atoms with Gasteiger partial charge in [0.2, 0.25) is 0 Å². The Kier molecular flexibility index (Phi) is 5.37. The zero-order valence-corrected chi connectivity index (χ0v) is 16.3. The molecule has 1 aliphatic rings. The first-order valence-electron chi connectivity index (χ1n) is 8.86. The molecular weight excluding hydrogens is 382 g/mol. The van der Waals surface area contributed by atoms with Gasteiger partial charge in [-0.05, 0) is 24.3 Å². The molecule has 0 saturated heterocycles. The summed E-state index contributed by atoms with van der Waals surface area (Å²) in [6.07, 6.45) is 8.83. The third-order valence-corrected chi connectivity index (χ3v) is 5.45. The second-order valence-electron chi connectivity index (χ2n) is 6.64. The largest absolute Gasteiger partial charge is 0.456 e. The summed E-state index contributed by atoms with van der Waals surface area (Å²) in [7, 11) is 0. The quantitative estimate of drug-likeness (QED) is 0.437. The lowest BCUT2D eigenvalue weighted by molar-refractivity contribution is 0.105. The fourth-order valence-corrected chi connectivity index (χ4v) is 3.73. The van der Waals surface area contributed by atoms with Gasteiger partial charge in [-0.25, -0.2) is 4.98 Å². The van der Waals surface area contributed by atoms with E-state index in [1.54, 1.807) is 17.4 Å². The number of halogens is 1. The lowest BCUT2D eigenvalue weighted by atomic mass is 10.1. The average Bonchev–Trinajstić information content (AvgIpc) is 3.20. The predicted molar refractivity (Wildman–Crippen MR) is 109 cm³/mol. The first-order chi connectivity index (χ1) is 13.1. The smallest absolute Gasteiger partial charge is 0.177 e. The molecular formula is C20H20ClN3O2S. The number of aromatic nitrogens is 1. The molecule has 27 heavy (non-hydrogen) atoms. The Labute approximate surface area is 166 Å². The summed E-state index contributed by atoms with van der Waals surface area (Å²) in [6, 6.07) is 5.65. The van der Waals surface area contributed by atoms with Crippen LogP contribution in [0.5, 0.6) is 0 Å². The van der Waals surface area contributed by atoms with E-state index in [2.05, 4.69) is 22.3 Å². The molecule has 3 N–H and O–H groups in total. The molecule has 5 nitrogen and oxygen atoms in total. The van der Waals surface area contributed by atoms with E-state index in [0.29, 0.717) is 53.3 Å². The van der Waals surface area contributed by atoms with E-state index in [9.17, 15) is 0 Å². The van der Waals surface area contributed by atoms with Crippen LogP contribution in [0.25, 0.3) is 11.1 Å². The SMILES string of the molecule is C#Cc1c(C[C@@H](N)COC2CC2)oc2c(NCc3cccs3)cc(Cl)nc12. The van der Waals surface area contributed by atoms with Crippen molar-refractivity contribution < 1.29 is 9.15 Å². The van der Waals surface area contributed by atoms with E-state index in [-0.39, 0.29) is 6.04 Å². The van der Waals surface area contributed by atoms with Crippen LogP contribution in [0.3, 0.4) is 0 Å². The number of pyridine rings is 1. The highest BCUT2D eigenvalue weighted by atomic mass is 35.5. The molecule has 7 heteroatoms. The van der Waals surface area contributed by atoms with Crippen LogP contribution in [-0.2, 0) is 17.7 Å². The van der Waals surface area contributed by atoms with E-state index in [1.807, 2.05) is 11.4 Å². The number of nitrogens with one attached hydrogen (secondary N) is 1. The van der Waals surface area contributed by atoms with Crippen LogP contribution in [0.2, 0.25) is 5.15 Å². The van der Waals surface area contributed by atoms with Gasteiger partial charge in [0, 0.05) is 30.0 Å². The molecule has 0 aromatic carbocycles. The van der Waals surface area contributed by atoms with E-state index < -0.39 is 0 Å². The normalized spacial score (nSPS) is 15.0. The van der Waals surface area contributed by atoms with Crippen molar-refractivity contribution in [3.05, 3.63) is 44.9 Å². The molecule has 3 aromatic heterocycles. The number of nitrogens with zero attached hydrogens (tertiary/aromatic N) is 1. The van der Waals surface area contributed by atoms with Crippen molar-refractivity contribution >= 4 is 39.7 Å². The van der Waals surface area contributed by atoms with Gasteiger partial charge >= 0.3 is 0 Å². The number of hydrogen-bond donors (Lipinski definition) is 2. The van der Waals surface area contributed by atoms with Crippen LogP contribution in [0.4, 0.5) is 5.69 Å². The molecule has 0 spiro atoms. The number of anilines is 1. The molecule has 4 rings (SSSR count). The molecule has 1 fully saturated rings. The van der Waals surface area contributed by atoms with Gasteiger partial charge in [-0.15, -0.1) is 17.8 Å². The van der Waals surface area contributed by atoms with E-state index in [1.165, 1.54) is 4.88 Å². The highest BCUT2D eigenvalue weighted by Gasteiger charge is 2.24. The molecule has 0 amide bonds. The van der Waals surface area contributed by atoms with Crippen molar-refractivity contribution in [3.8, 4) is 12.3 Å². The van der Waals surface area contributed by atoms with Gasteiger partial charge in [-0.1, -0.05) is 23.6 Å². The highest BCUT2D eigenvalue weighted by Crippen LogP contribution is 2.33. The van der Waals surface area contributed by atoms with E-state index in [4.69, 9.17) is 32.9 Å². The van der Waals surface area contributed by atoms with Crippen LogP contribution >= 0.6 is 22.9 Å². The predicted octanol–water partition coefficient (Wildman–Crippen LogP) is 4.18. The maximum absolute atomic E-state index is 6.22. The molecule has 0 unspecified atom stereocenters. The molecule has 0 bridgehead atoms. The van der Waals surface area contributed by atoms with Gasteiger partial charge in [0.25, 0.3) is 0 Å². The average molecular weight is 402 g/mol. The number of hydrogen-bond acceptors (Lipinski definition) is 6. The number of rotatable bonds is 8. The Balaban J connectivity index is 1.59. The number of nitrogens with two attached hydrogens (primary N) is 1. The third kappa shape index (κ3) is 4.28. The number of ether oxygens (including phenoxy) is 1. The Morgan fingerprint density at radius 3 is 3.07 bits per heavy atom. The lowest BCUT2D eigenvalue weighted by Crippen LogP contribution is -2.29. The van der Waals surface area contributed by atoms with E-state index in [0.717, 1.165) is 18.5 Å². The van der Waals surface area contributed by atoms with Gasteiger partial charge in [0.05, 0.1) is 24.0 Å². The van der Waals surface area contributed by atoms with Crippen LogP contribution < -0.4 is 11.1 Å². The zero-order chi connectivity index (χ0) is 18.8. The summed E-state index contributed by atoms with van der Waals surface area (Å²) >= 11 is 7.90. The van der Waals surface area contributed by atoms with Crippen LogP contribution in [0.1, 0.15) is 29.0 Å². The van der Waals surface area contributed by atoms with Crippen molar-refractivity contribution in [2.24, 2.45) is 5.73 Å². The number of thiophene rings is 1. The zero-order valence-electron chi connectivity index (χ0n) is 14.7. The molecule has 1 aliphatic carbocycles. The topological polar surface area (TPSA) is 73.3 Å². The minimum absolute atomic E-state index is 0.184. The molecule has 1 atom stereocenters. The van der Waals surface area contributed by atoms with Crippen molar-refractivity contribution in [3.63, 3.8) is 0 Å². The minimum Gasteiger partial charge on any atom is -0.456 e. The van der Waals surface area contributed by atoms with Gasteiger partial charge in [-0.3, -0.25) is 0 Å². The van der Waals surface area contributed by atoms with Crippen LogP contribution in [-0.4, -0.2) is 23.7 Å². The summed E-state index contributed by atoms with van der Waals surface area (Å²) < 4.78 is 11.8. The molecule has 0 aliphatic heterocycles. The highest BCUT2D eigenvalue weighted by molar-refractivity contribution is 7.09. The fraction of sp³-hybridized carbons (Fsp3) is 0.350. The van der Waals surface area contributed by atoms with Crippen molar-refractivity contribution in [1.29, 1.82) is 0 Å². The summed E-state index contributed by atoms with van der Waals surface area (Å²) in [5, 5.41) is 5.77. The summed E-state index contributed by atoms with van der Waals surface area (Å²) in [5.41, 5.74) is 8.77. The van der Waals surface area contributed by atoms with Gasteiger partial charge in [0.15, 0.2) is 5.58 Å². The van der Waals surface area contributed by atoms with Crippen molar-refractivity contribution in [2.45, 2.75) is 38.0 Å². The van der Waals surface area contributed by atoms with Crippen LogP contribution in [0.15, 0.2) is 28.0 Å². The van der Waals surface area contributed by atoms with Gasteiger partial charge < -0.3 is 20.2 Å². The first-order valence-corrected chi connectivity index (χ1v) is 10.1. The Morgan fingerprint density at radius 1 is 1.52 bits per heavy atom. The van der Waals surface area contributed by atoms with Crippen molar-refractivity contribution in [1.82, 2.24) is 4.98 Å². The monoisotopic (exact) mass is 401 g/mol. The number of terminal acetylenes is 1. The number of furan rings is 1. The standard InChI is InChI=1S/C20H20ClN3O2S/c1-2-15-17(8-12(22)11-25-13-5-6-13)26-20-16(9-18(21)24-19(15)20)23-10-14-4-3-7-27-14/h1,3-4,7,9,12-13H,5-6,8,10-11,22H2,(H,23,24)/t12-/m1/s1. The molecule has 140 valence electrons. The molecule has 3 aromatic rings. The molecule has 0 radical (unpaired) electrons. The van der Waals surface area contributed by atoms with Crippen molar-refractivity contribution in [2.75, 3.05) is 11.9 Å². The summed E-state index contributed by atoms with van der Waals surface area (Å²) in [6.45, 7) is 1.16. The maximum Gasteiger partial charge on any atom is 0.177 e. The Morgan fingerprint density at radius 2 is 2.37 bits per heavy atom. The summed E-state index contributed by atoms with van der Waals surface area (Å²) in [5.74, 6) is 3.33. The minimum atomic E-state index is -0.184. The second kappa shape index (κ2) is 7.91. The molecule has 1 saturated carbocycles. The summed E-state index contributed by atoms with van der Waals surface area (Å²) in [4.78, 5) is 5.59. The Bertz CT molecular complexity index is 973. The Hall–Kier alpha value is -2.04.